The average molecular weight is 429 g/mol. The van der Waals surface area contributed by atoms with Crippen molar-refractivity contribution in [2.45, 2.75) is 39.5 Å². The quantitative estimate of drug-likeness (QED) is 0.281. The molecule has 0 aliphatic heterocycles. The predicted octanol–water partition coefficient (Wildman–Crippen LogP) is 8.29. The highest BCUT2D eigenvalue weighted by Crippen LogP contribution is 2.40. The van der Waals surface area contributed by atoms with E-state index in [1.54, 1.807) is 17.4 Å². The number of aromatic nitrogens is 2. The van der Waals surface area contributed by atoms with Gasteiger partial charge in [0.15, 0.2) is 0 Å². The van der Waals surface area contributed by atoms with E-state index < -0.39 is 0 Å². The number of halogens is 1. The Bertz CT molecular complexity index is 1380. The fourth-order valence-corrected chi connectivity index (χ4v) is 5.30. The SMILES string of the molecule is CC(C)c1cccc(C(C)C)c1-n1c(-c2csc3ccc(F)cc23)nc2ccccc21. The van der Waals surface area contributed by atoms with Gasteiger partial charge < -0.3 is 0 Å². The van der Waals surface area contributed by atoms with E-state index in [9.17, 15) is 4.39 Å². The minimum atomic E-state index is -0.222. The van der Waals surface area contributed by atoms with Crippen LogP contribution in [0.4, 0.5) is 4.39 Å². The Balaban J connectivity index is 1.93. The van der Waals surface area contributed by atoms with Crippen molar-refractivity contribution in [3.63, 3.8) is 0 Å². The van der Waals surface area contributed by atoms with Crippen molar-refractivity contribution in [1.29, 1.82) is 0 Å². The van der Waals surface area contributed by atoms with E-state index in [-0.39, 0.29) is 5.82 Å². The minimum Gasteiger partial charge on any atom is -0.292 e. The summed E-state index contributed by atoms with van der Waals surface area (Å²) in [4.78, 5) is 5.06. The van der Waals surface area contributed by atoms with Crippen LogP contribution >= 0.6 is 11.3 Å². The zero-order chi connectivity index (χ0) is 21.7. The second-order valence-corrected chi connectivity index (χ2v) is 9.56. The van der Waals surface area contributed by atoms with Gasteiger partial charge in [-0.1, -0.05) is 58.0 Å². The Labute approximate surface area is 186 Å². The van der Waals surface area contributed by atoms with Gasteiger partial charge in [0.05, 0.1) is 16.7 Å². The van der Waals surface area contributed by atoms with Crippen molar-refractivity contribution in [1.82, 2.24) is 9.55 Å². The Morgan fingerprint density at radius 1 is 0.871 bits per heavy atom. The number of rotatable bonds is 4. The zero-order valence-corrected chi connectivity index (χ0v) is 19.0. The van der Waals surface area contributed by atoms with Crippen molar-refractivity contribution < 1.29 is 4.39 Å². The van der Waals surface area contributed by atoms with Crippen LogP contribution in [0.3, 0.4) is 0 Å². The summed E-state index contributed by atoms with van der Waals surface area (Å²) in [5.41, 5.74) is 6.78. The fraction of sp³-hybridized carbons (Fsp3) is 0.222. The van der Waals surface area contributed by atoms with Crippen LogP contribution in [0.15, 0.2) is 66.0 Å². The van der Waals surface area contributed by atoms with Gasteiger partial charge in [0.1, 0.15) is 11.6 Å². The first kappa shape index (κ1) is 20.0. The highest BCUT2D eigenvalue weighted by Gasteiger charge is 2.23. The summed E-state index contributed by atoms with van der Waals surface area (Å²) in [6, 6.07) is 19.9. The molecule has 5 rings (SSSR count). The van der Waals surface area contributed by atoms with Crippen molar-refractivity contribution >= 4 is 32.5 Å². The molecule has 0 saturated heterocycles. The van der Waals surface area contributed by atoms with E-state index in [4.69, 9.17) is 4.98 Å². The first-order chi connectivity index (χ1) is 15.0. The first-order valence-electron chi connectivity index (χ1n) is 10.7. The molecular formula is C27H25FN2S. The van der Waals surface area contributed by atoms with Gasteiger partial charge in [0, 0.05) is 21.0 Å². The lowest BCUT2D eigenvalue weighted by Gasteiger charge is -2.22. The van der Waals surface area contributed by atoms with Gasteiger partial charge in [-0.2, -0.15) is 0 Å². The molecule has 0 fully saturated rings. The van der Waals surface area contributed by atoms with Crippen molar-refractivity contribution in [3.05, 3.63) is 83.0 Å². The van der Waals surface area contributed by atoms with Crippen LogP contribution in [-0.2, 0) is 0 Å². The van der Waals surface area contributed by atoms with Gasteiger partial charge in [0.2, 0.25) is 0 Å². The van der Waals surface area contributed by atoms with Gasteiger partial charge in [-0.25, -0.2) is 9.37 Å². The molecule has 2 nitrogen and oxygen atoms in total. The average Bonchev–Trinajstić information content (AvgIpc) is 3.33. The van der Waals surface area contributed by atoms with Crippen LogP contribution in [0.25, 0.3) is 38.2 Å². The first-order valence-corrected chi connectivity index (χ1v) is 11.6. The van der Waals surface area contributed by atoms with Gasteiger partial charge in [0.25, 0.3) is 0 Å². The van der Waals surface area contributed by atoms with Crippen molar-refractivity contribution in [3.8, 4) is 17.1 Å². The highest BCUT2D eigenvalue weighted by atomic mass is 32.1. The number of para-hydroxylation sites is 3. The van der Waals surface area contributed by atoms with Crippen LogP contribution in [0.5, 0.6) is 0 Å². The minimum absolute atomic E-state index is 0.222. The molecule has 31 heavy (non-hydrogen) atoms. The monoisotopic (exact) mass is 428 g/mol. The number of hydrogen-bond donors (Lipinski definition) is 0. The number of fused-ring (bicyclic) bond motifs is 2. The van der Waals surface area contributed by atoms with Crippen LogP contribution < -0.4 is 0 Å². The van der Waals surface area contributed by atoms with Gasteiger partial charge in [-0.3, -0.25) is 4.57 Å². The third kappa shape index (κ3) is 3.26. The molecule has 3 aromatic carbocycles. The topological polar surface area (TPSA) is 17.8 Å². The van der Waals surface area contributed by atoms with E-state index in [1.165, 1.54) is 22.9 Å². The van der Waals surface area contributed by atoms with Crippen molar-refractivity contribution in [2.24, 2.45) is 0 Å². The summed E-state index contributed by atoms with van der Waals surface area (Å²) in [7, 11) is 0. The zero-order valence-electron chi connectivity index (χ0n) is 18.2. The summed E-state index contributed by atoms with van der Waals surface area (Å²) in [5, 5.41) is 3.02. The lowest BCUT2D eigenvalue weighted by molar-refractivity contribution is 0.630. The summed E-state index contributed by atoms with van der Waals surface area (Å²) in [5.74, 6) is 1.37. The number of imidazole rings is 1. The molecular weight excluding hydrogens is 403 g/mol. The van der Waals surface area contributed by atoms with Gasteiger partial charge >= 0.3 is 0 Å². The third-order valence-electron chi connectivity index (χ3n) is 5.90. The van der Waals surface area contributed by atoms with Crippen LogP contribution in [0.1, 0.15) is 50.7 Å². The fourth-order valence-electron chi connectivity index (χ4n) is 4.38. The third-order valence-corrected chi connectivity index (χ3v) is 6.87. The summed E-state index contributed by atoms with van der Waals surface area (Å²) in [6.07, 6.45) is 0. The number of benzene rings is 3. The lowest BCUT2D eigenvalue weighted by atomic mass is 9.92. The summed E-state index contributed by atoms with van der Waals surface area (Å²) in [6.45, 7) is 8.93. The van der Waals surface area contributed by atoms with Crippen LogP contribution in [0, 0.1) is 5.82 Å². The maximum absolute atomic E-state index is 14.2. The Hall–Kier alpha value is -2.98. The molecule has 156 valence electrons. The van der Waals surface area contributed by atoms with Gasteiger partial charge in [-0.05, 0) is 53.3 Å². The molecule has 0 amide bonds. The predicted molar refractivity (Wildman–Crippen MR) is 130 cm³/mol. The Morgan fingerprint density at radius 3 is 2.29 bits per heavy atom. The van der Waals surface area contributed by atoms with E-state index in [1.807, 2.05) is 12.1 Å². The van der Waals surface area contributed by atoms with Gasteiger partial charge in [-0.15, -0.1) is 11.3 Å². The molecule has 0 spiro atoms. The van der Waals surface area contributed by atoms with E-state index in [0.717, 1.165) is 32.5 Å². The van der Waals surface area contributed by atoms with E-state index >= 15 is 0 Å². The molecule has 5 aromatic rings. The molecule has 0 atom stereocenters. The molecule has 4 heteroatoms. The largest absolute Gasteiger partial charge is 0.292 e. The number of nitrogens with zero attached hydrogens (tertiary/aromatic N) is 2. The lowest BCUT2D eigenvalue weighted by Crippen LogP contribution is -2.08. The molecule has 0 unspecified atom stereocenters. The number of thiophene rings is 1. The Morgan fingerprint density at radius 2 is 1.58 bits per heavy atom. The van der Waals surface area contributed by atoms with Crippen molar-refractivity contribution in [2.75, 3.05) is 0 Å². The standard InChI is InChI=1S/C27H25FN2S/c1-16(2)19-8-7-9-20(17(3)4)26(19)30-24-11-6-5-10-23(24)29-27(30)22-15-31-25-13-12-18(28)14-21(22)25/h5-17H,1-4H3. The van der Waals surface area contributed by atoms with E-state index in [2.05, 4.69) is 74.0 Å². The molecule has 0 aliphatic rings. The molecule has 0 aliphatic carbocycles. The number of hydrogen-bond acceptors (Lipinski definition) is 2. The maximum atomic E-state index is 14.2. The van der Waals surface area contributed by atoms with E-state index in [0.29, 0.717) is 11.8 Å². The molecule has 2 aromatic heterocycles. The normalized spacial score (nSPS) is 12.0. The van der Waals surface area contributed by atoms with Crippen LogP contribution in [0.2, 0.25) is 0 Å². The molecule has 0 saturated carbocycles. The van der Waals surface area contributed by atoms with Crippen LogP contribution in [-0.4, -0.2) is 9.55 Å². The second kappa shape index (κ2) is 7.61. The molecule has 0 N–H and O–H groups in total. The smallest absolute Gasteiger partial charge is 0.147 e. The molecule has 2 heterocycles. The summed E-state index contributed by atoms with van der Waals surface area (Å²) < 4.78 is 17.5. The summed E-state index contributed by atoms with van der Waals surface area (Å²) >= 11 is 1.63. The second-order valence-electron chi connectivity index (χ2n) is 8.64. The molecule has 0 bridgehead atoms. The molecule has 0 radical (unpaired) electrons. The maximum Gasteiger partial charge on any atom is 0.147 e. The Kier molecular flexibility index (Phi) is 4.90. The highest BCUT2D eigenvalue weighted by molar-refractivity contribution is 7.17.